The summed E-state index contributed by atoms with van der Waals surface area (Å²) in [5.41, 5.74) is 0.958. The molecule has 0 aliphatic heterocycles. The van der Waals surface area contributed by atoms with Gasteiger partial charge < -0.3 is 0 Å². The standard InChI is InChI=1S/C10H5F2S/c11-8-1-2-10(12)9(5-8)7-3-4-13-6-7/h1-3,5-6H. The molecule has 0 saturated carbocycles. The van der Waals surface area contributed by atoms with Crippen molar-refractivity contribution in [1.29, 1.82) is 0 Å². The fraction of sp³-hybridized carbons (Fsp3) is 0. The normalized spacial score (nSPS) is 10.3. The van der Waals surface area contributed by atoms with Crippen LogP contribution in [0.15, 0.2) is 29.6 Å². The maximum Gasteiger partial charge on any atom is 0.131 e. The van der Waals surface area contributed by atoms with E-state index in [-0.39, 0.29) is 5.56 Å². The minimum absolute atomic E-state index is 0.289. The Bertz CT molecular complexity index is 407. The van der Waals surface area contributed by atoms with Crippen LogP contribution in [-0.4, -0.2) is 0 Å². The molecule has 0 amide bonds. The first-order valence-corrected chi connectivity index (χ1v) is 4.55. The van der Waals surface area contributed by atoms with Crippen molar-refractivity contribution in [3.63, 3.8) is 0 Å². The van der Waals surface area contributed by atoms with E-state index in [0.717, 1.165) is 12.1 Å². The van der Waals surface area contributed by atoms with Gasteiger partial charge in [0.1, 0.15) is 11.6 Å². The molecule has 1 radical (unpaired) electrons. The summed E-state index contributed by atoms with van der Waals surface area (Å²) in [6, 6.07) is 5.06. The van der Waals surface area contributed by atoms with Crippen molar-refractivity contribution in [1.82, 2.24) is 0 Å². The van der Waals surface area contributed by atoms with E-state index in [1.165, 1.54) is 17.4 Å². The van der Waals surface area contributed by atoms with E-state index in [1.54, 1.807) is 11.4 Å². The fourth-order valence-electron chi connectivity index (χ4n) is 1.09. The van der Waals surface area contributed by atoms with Crippen LogP contribution in [0.3, 0.4) is 0 Å². The smallest absolute Gasteiger partial charge is 0.131 e. The summed E-state index contributed by atoms with van der Waals surface area (Å²) in [4.78, 5) is 0. The molecule has 0 aliphatic rings. The Kier molecular flexibility index (Phi) is 2.10. The third-order valence-electron chi connectivity index (χ3n) is 1.71. The lowest BCUT2D eigenvalue weighted by Gasteiger charge is -1.99. The van der Waals surface area contributed by atoms with Crippen LogP contribution < -0.4 is 0 Å². The van der Waals surface area contributed by atoms with Gasteiger partial charge in [-0.2, -0.15) is 0 Å². The van der Waals surface area contributed by atoms with Crippen LogP contribution >= 0.6 is 11.3 Å². The van der Waals surface area contributed by atoms with Crippen LogP contribution in [0.2, 0.25) is 0 Å². The monoisotopic (exact) mass is 195 g/mol. The minimum atomic E-state index is -0.428. The van der Waals surface area contributed by atoms with Crippen LogP contribution in [0.4, 0.5) is 8.78 Å². The molecule has 0 spiro atoms. The molecular weight excluding hydrogens is 190 g/mol. The van der Waals surface area contributed by atoms with E-state index in [4.69, 9.17) is 0 Å². The summed E-state index contributed by atoms with van der Waals surface area (Å²) >= 11 is 1.33. The maximum atomic E-state index is 13.2. The number of benzene rings is 1. The number of rotatable bonds is 1. The van der Waals surface area contributed by atoms with Gasteiger partial charge in [-0.1, -0.05) is 0 Å². The second-order valence-electron chi connectivity index (χ2n) is 2.58. The van der Waals surface area contributed by atoms with Gasteiger partial charge in [0.15, 0.2) is 0 Å². The molecule has 0 N–H and O–H groups in total. The fourth-order valence-corrected chi connectivity index (χ4v) is 1.67. The van der Waals surface area contributed by atoms with Gasteiger partial charge in [-0.25, -0.2) is 8.78 Å². The van der Waals surface area contributed by atoms with Crippen LogP contribution in [-0.2, 0) is 0 Å². The molecule has 0 nitrogen and oxygen atoms in total. The number of thiophene rings is 1. The van der Waals surface area contributed by atoms with Gasteiger partial charge in [0, 0.05) is 10.9 Å². The molecule has 0 saturated heterocycles. The van der Waals surface area contributed by atoms with Gasteiger partial charge in [0.2, 0.25) is 0 Å². The first-order valence-electron chi connectivity index (χ1n) is 3.67. The molecule has 1 heterocycles. The van der Waals surface area contributed by atoms with Crippen LogP contribution in [0, 0.1) is 17.0 Å². The topological polar surface area (TPSA) is 0 Å². The van der Waals surface area contributed by atoms with Crippen LogP contribution in [0.25, 0.3) is 11.1 Å². The van der Waals surface area contributed by atoms with Gasteiger partial charge >= 0.3 is 0 Å². The molecule has 13 heavy (non-hydrogen) atoms. The van der Waals surface area contributed by atoms with Crippen molar-refractivity contribution >= 4 is 11.3 Å². The summed E-state index contributed by atoms with van der Waals surface area (Å²) < 4.78 is 25.9. The molecule has 0 atom stereocenters. The highest BCUT2D eigenvalue weighted by Gasteiger charge is 2.06. The first-order chi connectivity index (χ1) is 6.27. The molecular formula is C10H5F2S. The molecule has 0 unspecified atom stereocenters. The highest BCUT2D eigenvalue weighted by atomic mass is 32.1. The molecule has 0 aliphatic carbocycles. The Labute approximate surface area is 78.5 Å². The Morgan fingerprint density at radius 3 is 2.77 bits per heavy atom. The quantitative estimate of drug-likeness (QED) is 0.653. The van der Waals surface area contributed by atoms with Gasteiger partial charge in [0.05, 0.1) is 0 Å². The summed E-state index contributed by atoms with van der Waals surface area (Å²) in [6.07, 6.45) is 0. The number of halogens is 2. The minimum Gasteiger partial charge on any atom is -0.207 e. The molecule has 1 aromatic heterocycles. The van der Waals surface area contributed by atoms with Gasteiger partial charge in [-0.05, 0) is 35.2 Å². The first kappa shape index (κ1) is 8.38. The zero-order valence-electron chi connectivity index (χ0n) is 6.55. The average Bonchev–Trinajstić information content (AvgIpc) is 2.61. The molecule has 1 aromatic carbocycles. The predicted molar refractivity (Wildman–Crippen MR) is 48.5 cm³/mol. The van der Waals surface area contributed by atoms with Gasteiger partial charge in [-0.3, -0.25) is 0 Å². The van der Waals surface area contributed by atoms with Crippen LogP contribution in [0.5, 0.6) is 0 Å². The van der Waals surface area contributed by atoms with Crippen molar-refractivity contribution in [2.24, 2.45) is 0 Å². The number of hydrogen-bond donors (Lipinski definition) is 0. The molecule has 2 aromatic rings. The second-order valence-corrected chi connectivity index (χ2v) is 3.28. The highest BCUT2D eigenvalue weighted by Crippen LogP contribution is 2.25. The zero-order valence-corrected chi connectivity index (χ0v) is 7.37. The average molecular weight is 195 g/mol. The summed E-state index contributed by atoms with van der Waals surface area (Å²) in [5.74, 6) is -0.837. The van der Waals surface area contributed by atoms with Crippen molar-refractivity contribution in [2.45, 2.75) is 0 Å². The highest BCUT2D eigenvalue weighted by molar-refractivity contribution is 7.07. The van der Waals surface area contributed by atoms with E-state index in [1.807, 2.05) is 0 Å². The molecule has 2 rings (SSSR count). The third kappa shape index (κ3) is 1.60. The van der Waals surface area contributed by atoms with Gasteiger partial charge in [-0.15, -0.1) is 11.3 Å². The summed E-state index contributed by atoms with van der Waals surface area (Å²) in [6.45, 7) is 0. The van der Waals surface area contributed by atoms with E-state index < -0.39 is 11.6 Å². The van der Waals surface area contributed by atoms with E-state index in [2.05, 4.69) is 5.38 Å². The number of hydrogen-bond acceptors (Lipinski definition) is 1. The lowest BCUT2D eigenvalue weighted by Crippen LogP contribution is -1.83. The Hall–Kier alpha value is -1.22. The van der Waals surface area contributed by atoms with Crippen molar-refractivity contribution < 1.29 is 8.78 Å². The van der Waals surface area contributed by atoms with Gasteiger partial charge in [0.25, 0.3) is 0 Å². The lowest BCUT2D eigenvalue weighted by molar-refractivity contribution is 0.603. The Morgan fingerprint density at radius 1 is 1.23 bits per heavy atom. The van der Waals surface area contributed by atoms with E-state index >= 15 is 0 Å². The molecule has 0 bridgehead atoms. The summed E-state index contributed by atoms with van der Waals surface area (Å²) in [5, 5.41) is 4.56. The molecule has 0 fully saturated rings. The Balaban J connectivity index is 2.57. The predicted octanol–water partition coefficient (Wildman–Crippen LogP) is 3.49. The molecule has 3 heteroatoms. The summed E-state index contributed by atoms with van der Waals surface area (Å²) in [7, 11) is 0. The lowest BCUT2D eigenvalue weighted by atomic mass is 10.1. The maximum absolute atomic E-state index is 13.2. The van der Waals surface area contributed by atoms with Crippen molar-refractivity contribution in [3.8, 4) is 11.1 Å². The third-order valence-corrected chi connectivity index (χ3v) is 2.33. The van der Waals surface area contributed by atoms with Crippen LogP contribution in [0.1, 0.15) is 0 Å². The molecule has 65 valence electrons. The SMILES string of the molecule is Fc1ccc(F)c(-c2c[c]sc2)c1. The van der Waals surface area contributed by atoms with E-state index in [0.29, 0.717) is 5.56 Å². The van der Waals surface area contributed by atoms with Crippen molar-refractivity contribution in [2.75, 3.05) is 0 Å². The second kappa shape index (κ2) is 3.26. The van der Waals surface area contributed by atoms with E-state index in [9.17, 15) is 8.78 Å². The Morgan fingerprint density at radius 2 is 2.08 bits per heavy atom. The largest absolute Gasteiger partial charge is 0.207 e. The zero-order chi connectivity index (χ0) is 9.26. The van der Waals surface area contributed by atoms with Crippen molar-refractivity contribution in [3.05, 3.63) is 46.7 Å².